The molecular formula is C28H35N7O2. The third-order valence-corrected chi connectivity index (χ3v) is 7.11. The van der Waals surface area contributed by atoms with Gasteiger partial charge in [0.25, 0.3) is 5.56 Å². The maximum Gasteiger partial charge on any atom is 0.253 e. The smallest absolute Gasteiger partial charge is 0.253 e. The van der Waals surface area contributed by atoms with Gasteiger partial charge in [-0.15, -0.1) is 5.10 Å². The molecule has 0 spiro atoms. The molecule has 1 aliphatic rings. The quantitative estimate of drug-likeness (QED) is 0.445. The lowest BCUT2D eigenvalue weighted by Gasteiger charge is -2.40. The molecule has 5 rings (SSSR count). The third-order valence-electron chi connectivity index (χ3n) is 7.11. The lowest BCUT2D eigenvalue weighted by Crippen LogP contribution is -2.49. The van der Waals surface area contributed by atoms with Crippen LogP contribution in [0, 0.1) is 13.8 Å². The Morgan fingerprint density at radius 1 is 1.00 bits per heavy atom. The zero-order valence-electron chi connectivity index (χ0n) is 22.4. The SMILES string of the molecule is COc1ccc(N2CCN(C(c3cc4cc(C)cc(C)c4[nH]c3=O)c3nnnn3C(C)(C)C)CC2)cc1. The van der Waals surface area contributed by atoms with E-state index in [0.29, 0.717) is 11.4 Å². The van der Waals surface area contributed by atoms with Crippen molar-refractivity contribution in [2.24, 2.45) is 0 Å². The number of H-pyrrole nitrogens is 1. The number of fused-ring (bicyclic) bond motifs is 1. The number of aromatic amines is 1. The number of rotatable bonds is 5. The summed E-state index contributed by atoms with van der Waals surface area (Å²) in [5.41, 5.74) is 4.47. The molecule has 1 N–H and O–H groups in total. The Kier molecular flexibility index (Phi) is 6.49. The number of piperazine rings is 1. The zero-order chi connectivity index (χ0) is 26.3. The Morgan fingerprint density at radius 3 is 2.35 bits per heavy atom. The van der Waals surface area contributed by atoms with E-state index in [0.717, 1.165) is 59.6 Å². The molecule has 1 aliphatic heterocycles. The molecule has 2 aromatic heterocycles. The summed E-state index contributed by atoms with van der Waals surface area (Å²) in [5.74, 6) is 1.53. The van der Waals surface area contributed by atoms with Gasteiger partial charge in [-0.1, -0.05) is 11.6 Å². The first-order valence-electron chi connectivity index (χ1n) is 12.7. The van der Waals surface area contributed by atoms with E-state index in [4.69, 9.17) is 4.74 Å². The Bertz CT molecular complexity index is 1460. The molecule has 194 valence electrons. The Labute approximate surface area is 217 Å². The van der Waals surface area contributed by atoms with Crippen LogP contribution in [0.1, 0.15) is 49.3 Å². The summed E-state index contributed by atoms with van der Waals surface area (Å²) in [6.45, 7) is 13.5. The van der Waals surface area contributed by atoms with E-state index in [9.17, 15) is 4.79 Å². The molecule has 9 heteroatoms. The molecule has 37 heavy (non-hydrogen) atoms. The normalized spacial score (nSPS) is 15.8. The largest absolute Gasteiger partial charge is 0.497 e. The second kappa shape index (κ2) is 9.63. The number of hydrogen-bond donors (Lipinski definition) is 1. The fraction of sp³-hybridized carbons (Fsp3) is 0.429. The molecule has 2 aromatic carbocycles. The van der Waals surface area contributed by atoms with Gasteiger partial charge in [0.05, 0.1) is 18.2 Å². The minimum Gasteiger partial charge on any atom is -0.497 e. The van der Waals surface area contributed by atoms with E-state index >= 15 is 0 Å². The first kappa shape index (κ1) is 25.0. The van der Waals surface area contributed by atoms with Gasteiger partial charge in [0.1, 0.15) is 11.8 Å². The predicted molar refractivity (Wildman–Crippen MR) is 145 cm³/mol. The summed E-state index contributed by atoms with van der Waals surface area (Å²) >= 11 is 0. The molecule has 4 aromatic rings. The van der Waals surface area contributed by atoms with E-state index in [1.54, 1.807) is 7.11 Å². The number of benzene rings is 2. The fourth-order valence-electron chi connectivity index (χ4n) is 5.28. The zero-order valence-corrected chi connectivity index (χ0v) is 22.4. The molecule has 9 nitrogen and oxygen atoms in total. The van der Waals surface area contributed by atoms with E-state index in [2.05, 4.69) is 82.3 Å². The second-order valence-electron chi connectivity index (χ2n) is 10.8. The van der Waals surface area contributed by atoms with Crippen molar-refractivity contribution in [3.8, 4) is 5.75 Å². The fourth-order valence-corrected chi connectivity index (χ4v) is 5.28. The highest BCUT2D eigenvalue weighted by Crippen LogP contribution is 2.31. The van der Waals surface area contributed by atoms with Crippen molar-refractivity contribution in [1.29, 1.82) is 0 Å². The Morgan fingerprint density at radius 2 is 1.70 bits per heavy atom. The topological polar surface area (TPSA) is 92.2 Å². The number of tetrazole rings is 1. The standard InChI is InChI=1S/C28H35N7O2/c1-18-15-19(2)24-20(16-18)17-23(27(36)29-24)25(26-30-31-32-35(26)28(3,4)5)34-13-11-33(12-14-34)21-7-9-22(37-6)10-8-21/h7-10,15-17,25H,11-14H2,1-6H3,(H,29,36). The lowest BCUT2D eigenvalue weighted by molar-refractivity contribution is 0.190. The Hall–Kier alpha value is -3.72. The second-order valence-corrected chi connectivity index (χ2v) is 10.8. The van der Waals surface area contributed by atoms with E-state index in [1.807, 2.05) is 29.8 Å². The molecule has 0 amide bonds. The van der Waals surface area contributed by atoms with Crippen LogP contribution in [0.15, 0.2) is 47.3 Å². The van der Waals surface area contributed by atoms with E-state index in [1.165, 1.54) is 0 Å². The summed E-state index contributed by atoms with van der Waals surface area (Å²) in [5, 5.41) is 13.8. The van der Waals surface area contributed by atoms with Crippen LogP contribution in [0.5, 0.6) is 5.75 Å². The molecule has 0 aliphatic carbocycles. The summed E-state index contributed by atoms with van der Waals surface area (Å²) in [7, 11) is 1.68. The monoisotopic (exact) mass is 501 g/mol. The average Bonchev–Trinajstić information content (AvgIpc) is 3.36. The average molecular weight is 502 g/mol. The van der Waals surface area contributed by atoms with Crippen LogP contribution in [-0.4, -0.2) is 63.4 Å². The van der Waals surface area contributed by atoms with Gasteiger partial charge in [-0.25, -0.2) is 4.68 Å². The van der Waals surface area contributed by atoms with Crippen molar-refractivity contribution in [3.63, 3.8) is 0 Å². The summed E-state index contributed by atoms with van der Waals surface area (Å²) in [6.07, 6.45) is 0. The highest BCUT2D eigenvalue weighted by Gasteiger charge is 2.35. The number of hydrogen-bond acceptors (Lipinski definition) is 7. The van der Waals surface area contributed by atoms with Crippen LogP contribution in [0.2, 0.25) is 0 Å². The molecule has 1 atom stereocenters. The summed E-state index contributed by atoms with van der Waals surface area (Å²) in [6, 6.07) is 14.0. The maximum atomic E-state index is 13.6. The number of ether oxygens (including phenoxy) is 1. The summed E-state index contributed by atoms with van der Waals surface area (Å²) in [4.78, 5) is 21.4. The molecule has 0 radical (unpaired) electrons. The van der Waals surface area contributed by atoms with Crippen LogP contribution in [-0.2, 0) is 5.54 Å². The Balaban J connectivity index is 1.55. The molecule has 1 saturated heterocycles. The van der Waals surface area contributed by atoms with Gasteiger partial charge < -0.3 is 14.6 Å². The molecule has 3 heterocycles. The lowest BCUT2D eigenvalue weighted by atomic mass is 9.99. The number of nitrogens with zero attached hydrogens (tertiary/aromatic N) is 6. The predicted octanol–water partition coefficient (Wildman–Crippen LogP) is 3.81. The van der Waals surface area contributed by atoms with Crippen LogP contribution >= 0.6 is 0 Å². The van der Waals surface area contributed by atoms with Crippen LogP contribution in [0.4, 0.5) is 5.69 Å². The van der Waals surface area contributed by atoms with Gasteiger partial charge in [-0.3, -0.25) is 9.69 Å². The van der Waals surface area contributed by atoms with Crippen molar-refractivity contribution in [1.82, 2.24) is 30.1 Å². The molecule has 0 bridgehead atoms. The third kappa shape index (κ3) is 4.83. The minimum atomic E-state index is -0.374. The van der Waals surface area contributed by atoms with Crippen molar-refractivity contribution in [2.45, 2.75) is 46.2 Å². The van der Waals surface area contributed by atoms with Crippen molar-refractivity contribution < 1.29 is 4.74 Å². The van der Waals surface area contributed by atoms with Gasteiger partial charge in [-0.2, -0.15) is 0 Å². The number of aromatic nitrogens is 5. The number of methoxy groups -OCH3 is 1. The number of anilines is 1. The first-order chi connectivity index (χ1) is 17.7. The van der Waals surface area contributed by atoms with Gasteiger partial charge in [-0.05, 0) is 92.4 Å². The highest BCUT2D eigenvalue weighted by atomic mass is 16.5. The molecule has 1 unspecified atom stereocenters. The van der Waals surface area contributed by atoms with Crippen molar-refractivity contribution in [2.75, 3.05) is 38.2 Å². The molecule has 0 saturated carbocycles. The minimum absolute atomic E-state index is 0.106. The van der Waals surface area contributed by atoms with Gasteiger partial charge in [0, 0.05) is 37.4 Å². The summed E-state index contributed by atoms with van der Waals surface area (Å²) < 4.78 is 7.16. The van der Waals surface area contributed by atoms with Crippen LogP contribution < -0.4 is 15.2 Å². The van der Waals surface area contributed by atoms with E-state index in [-0.39, 0.29) is 17.1 Å². The van der Waals surface area contributed by atoms with E-state index < -0.39 is 0 Å². The number of pyridine rings is 1. The van der Waals surface area contributed by atoms with Crippen molar-refractivity contribution >= 4 is 16.6 Å². The van der Waals surface area contributed by atoms with Gasteiger partial charge in [0.15, 0.2) is 5.82 Å². The van der Waals surface area contributed by atoms with Crippen LogP contribution in [0.25, 0.3) is 10.9 Å². The maximum absolute atomic E-state index is 13.6. The molecular weight excluding hydrogens is 466 g/mol. The van der Waals surface area contributed by atoms with Gasteiger partial charge in [0.2, 0.25) is 0 Å². The molecule has 1 fully saturated rings. The van der Waals surface area contributed by atoms with Crippen molar-refractivity contribution in [3.05, 3.63) is 75.3 Å². The number of aryl methyl sites for hydroxylation is 2. The highest BCUT2D eigenvalue weighted by molar-refractivity contribution is 5.83. The van der Waals surface area contributed by atoms with Crippen LogP contribution in [0.3, 0.4) is 0 Å². The number of nitrogens with one attached hydrogen (secondary N) is 1. The first-order valence-corrected chi connectivity index (χ1v) is 12.7. The van der Waals surface area contributed by atoms with Gasteiger partial charge >= 0.3 is 0 Å².